The molecule has 1 aliphatic rings. The molecule has 0 radical (unpaired) electrons. The molecule has 1 fully saturated rings. The highest BCUT2D eigenvalue weighted by Gasteiger charge is 2.17. The summed E-state index contributed by atoms with van der Waals surface area (Å²) < 4.78 is 3.87. The molecule has 0 aliphatic carbocycles. The third-order valence-electron chi connectivity index (χ3n) is 3.19. The monoisotopic (exact) mass is 268 g/mol. The maximum Gasteiger partial charge on any atom is 0.264 e. The summed E-state index contributed by atoms with van der Waals surface area (Å²) in [4.78, 5) is 12.7. The summed E-state index contributed by atoms with van der Waals surface area (Å²) in [6, 6.07) is 0.569. The van der Waals surface area contributed by atoms with Crippen molar-refractivity contribution in [3.05, 3.63) is 10.6 Å². The van der Waals surface area contributed by atoms with Crippen molar-refractivity contribution in [2.75, 3.05) is 13.1 Å². The van der Waals surface area contributed by atoms with E-state index in [0.29, 0.717) is 10.9 Å². The van der Waals surface area contributed by atoms with Crippen LogP contribution in [0.4, 0.5) is 0 Å². The number of hydrogen-bond donors (Lipinski definition) is 2. The maximum atomic E-state index is 12.0. The molecule has 0 saturated carbocycles. The molecule has 2 heterocycles. The molecule has 0 aromatic carbocycles. The number of carbonyl (C=O) groups excluding carboxylic acids is 1. The molecule has 1 aliphatic heterocycles. The molecule has 2 N–H and O–H groups in total. The third kappa shape index (κ3) is 3.49. The standard InChI is InChI=1S/C12H20N4OS/c1-2-4-10-11(18-16-15-10)12(17)14-8-6-9-5-3-7-13-9/h9,13H,2-8H2,1H3,(H,14,17)/t9-/m1/s1. The van der Waals surface area contributed by atoms with E-state index >= 15 is 0 Å². The van der Waals surface area contributed by atoms with Crippen LogP contribution in [0.1, 0.15) is 48.0 Å². The third-order valence-corrected chi connectivity index (χ3v) is 3.96. The van der Waals surface area contributed by atoms with Gasteiger partial charge in [0.2, 0.25) is 0 Å². The lowest BCUT2D eigenvalue weighted by molar-refractivity contribution is 0.0955. The fraction of sp³-hybridized carbons (Fsp3) is 0.750. The Kier molecular flexibility index (Phi) is 5.07. The quantitative estimate of drug-likeness (QED) is 0.817. The maximum absolute atomic E-state index is 12.0. The lowest BCUT2D eigenvalue weighted by atomic mass is 10.1. The molecular formula is C12H20N4OS. The highest BCUT2D eigenvalue weighted by Crippen LogP contribution is 2.12. The number of hydrogen-bond acceptors (Lipinski definition) is 5. The predicted molar refractivity (Wildman–Crippen MR) is 71.9 cm³/mol. The Morgan fingerprint density at radius 2 is 2.50 bits per heavy atom. The van der Waals surface area contributed by atoms with E-state index in [4.69, 9.17) is 0 Å². The van der Waals surface area contributed by atoms with Crippen LogP contribution in [-0.2, 0) is 6.42 Å². The van der Waals surface area contributed by atoms with Crippen LogP contribution in [0.15, 0.2) is 0 Å². The molecule has 100 valence electrons. The van der Waals surface area contributed by atoms with E-state index in [-0.39, 0.29) is 5.91 Å². The Labute approximate surface area is 112 Å². The van der Waals surface area contributed by atoms with Crippen molar-refractivity contribution >= 4 is 17.4 Å². The molecule has 0 spiro atoms. The molecule has 1 amide bonds. The van der Waals surface area contributed by atoms with Gasteiger partial charge in [-0.1, -0.05) is 17.8 Å². The molecule has 1 aromatic rings. The second-order valence-electron chi connectivity index (χ2n) is 4.64. The normalized spacial score (nSPS) is 19.1. The molecule has 2 rings (SSSR count). The van der Waals surface area contributed by atoms with Gasteiger partial charge in [-0.15, -0.1) is 5.10 Å². The number of carbonyl (C=O) groups is 1. The fourth-order valence-corrected chi connectivity index (χ4v) is 2.85. The first-order chi connectivity index (χ1) is 8.81. The van der Waals surface area contributed by atoms with Crippen LogP contribution in [0.5, 0.6) is 0 Å². The van der Waals surface area contributed by atoms with E-state index in [9.17, 15) is 4.79 Å². The molecule has 1 saturated heterocycles. The number of nitrogens with zero attached hydrogens (tertiary/aromatic N) is 2. The van der Waals surface area contributed by atoms with Crippen molar-refractivity contribution in [2.24, 2.45) is 0 Å². The summed E-state index contributed by atoms with van der Waals surface area (Å²) >= 11 is 1.19. The zero-order valence-electron chi connectivity index (χ0n) is 10.7. The van der Waals surface area contributed by atoms with Crippen LogP contribution in [0, 0.1) is 0 Å². The topological polar surface area (TPSA) is 66.9 Å². The van der Waals surface area contributed by atoms with Gasteiger partial charge < -0.3 is 10.6 Å². The van der Waals surface area contributed by atoms with Crippen molar-refractivity contribution in [1.29, 1.82) is 0 Å². The Balaban J connectivity index is 1.77. The van der Waals surface area contributed by atoms with Gasteiger partial charge in [0.05, 0.1) is 5.69 Å². The Hall–Kier alpha value is -1.01. The summed E-state index contributed by atoms with van der Waals surface area (Å²) in [6.07, 6.45) is 5.28. The Morgan fingerprint density at radius 1 is 1.61 bits per heavy atom. The van der Waals surface area contributed by atoms with E-state index in [2.05, 4.69) is 27.1 Å². The predicted octanol–water partition coefficient (Wildman–Crippen LogP) is 1.36. The van der Waals surface area contributed by atoms with Crippen LogP contribution < -0.4 is 10.6 Å². The lowest BCUT2D eigenvalue weighted by Gasteiger charge is -2.10. The van der Waals surface area contributed by atoms with Gasteiger partial charge in [0.15, 0.2) is 0 Å². The minimum Gasteiger partial charge on any atom is -0.351 e. The molecule has 0 unspecified atom stereocenters. The number of amides is 1. The van der Waals surface area contributed by atoms with Gasteiger partial charge in [0.25, 0.3) is 5.91 Å². The van der Waals surface area contributed by atoms with Crippen LogP contribution in [0.3, 0.4) is 0 Å². The van der Waals surface area contributed by atoms with E-state index in [0.717, 1.165) is 38.0 Å². The van der Waals surface area contributed by atoms with Crippen LogP contribution >= 0.6 is 11.5 Å². The number of rotatable bonds is 6. The summed E-state index contributed by atoms with van der Waals surface area (Å²) in [5.41, 5.74) is 0.832. The fourth-order valence-electron chi connectivity index (χ4n) is 2.22. The Bertz CT molecular complexity index is 387. The first-order valence-electron chi connectivity index (χ1n) is 6.64. The molecule has 5 nitrogen and oxygen atoms in total. The summed E-state index contributed by atoms with van der Waals surface area (Å²) in [7, 11) is 0. The Morgan fingerprint density at radius 3 is 3.22 bits per heavy atom. The van der Waals surface area contributed by atoms with Crippen molar-refractivity contribution in [1.82, 2.24) is 20.2 Å². The number of aryl methyl sites for hydroxylation is 1. The van der Waals surface area contributed by atoms with Crippen LogP contribution in [0.2, 0.25) is 0 Å². The SMILES string of the molecule is CCCc1nnsc1C(=O)NCC[C@H]1CCCN1. The molecule has 0 bridgehead atoms. The van der Waals surface area contributed by atoms with Gasteiger partial charge in [-0.05, 0) is 43.8 Å². The van der Waals surface area contributed by atoms with Gasteiger partial charge in [-0.3, -0.25) is 4.79 Å². The minimum atomic E-state index is -0.0218. The van der Waals surface area contributed by atoms with Gasteiger partial charge in [-0.2, -0.15) is 0 Å². The van der Waals surface area contributed by atoms with E-state index in [1.54, 1.807) is 0 Å². The van der Waals surface area contributed by atoms with Crippen LogP contribution in [0.25, 0.3) is 0 Å². The number of aromatic nitrogens is 2. The van der Waals surface area contributed by atoms with E-state index < -0.39 is 0 Å². The van der Waals surface area contributed by atoms with Crippen molar-refractivity contribution < 1.29 is 4.79 Å². The average molecular weight is 268 g/mol. The van der Waals surface area contributed by atoms with Crippen molar-refractivity contribution in [2.45, 2.75) is 45.1 Å². The summed E-state index contributed by atoms with van der Waals surface area (Å²) in [5, 5.41) is 10.4. The second kappa shape index (κ2) is 6.80. The molecule has 6 heteroatoms. The van der Waals surface area contributed by atoms with Gasteiger partial charge in [0.1, 0.15) is 4.88 Å². The average Bonchev–Trinajstić information content (AvgIpc) is 3.00. The second-order valence-corrected chi connectivity index (χ2v) is 5.39. The zero-order valence-corrected chi connectivity index (χ0v) is 11.6. The van der Waals surface area contributed by atoms with Gasteiger partial charge >= 0.3 is 0 Å². The molecule has 1 aromatic heterocycles. The smallest absolute Gasteiger partial charge is 0.264 e. The highest BCUT2D eigenvalue weighted by molar-refractivity contribution is 7.08. The molecule has 18 heavy (non-hydrogen) atoms. The lowest BCUT2D eigenvalue weighted by Crippen LogP contribution is -2.30. The zero-order chi connectivity index (χ0) is 12.8. The molecular weight excluding hydrogens is 248 g/mol. The van der Waals surface area contributed by atoms with Crippen molar-refractivity contribution in [3.63, 3.8) is 0 Å². The minimum absolute atomic E-state index is 0.0218. The molecule has 1 atom stereocenters. The first kappa shape index (κ1) is 13.4. The van der Waals surface area contributed by atoms with Gasteiger partial charge in [-0.25, -0.2) is 0 Å². The van der Waals surface area contributed by atoms with E-state index in [1.807, 2.05) is 0 Å². The van der Waals surface area contributed by atoms with Crippen LogP contribution in [-0.4, -0.2) is 34.6 Å². The van der Waals surface area contributed by atoms with Gasteiger partial charge in [0, 0.05) is 12.6 Å². The summed E-state index contributed by atoms with van der Waals surface area (Å²) in [5.74, 6) is -0.0218. The van der Waals surface area contributed by atoms with Crippen molar-refractivity contribution in [3.8, 4) is 0 Å². The van der Waals surface area contributed by atoms with E-state index in [1.165, 1.54) is 24.4 Å². The largest absolute Gasteiger partial charge is 0.351 e. The highest BCUT2D eigenvalue weighted by atomic mass is 32.1. The number of nitrogens with one attached hydrogen (secondary N) is 2. The summed E-state index contributed by atoms with van der Waals surface area (Å²) in [6.45, 7) is 3.91. The first-order valence-corrected chi connectivity index (χ1v) is 7.41.